The van der Waals surface area contributed by atoms with Gasteiger partial charge in [0.2, 0.25) is 5.89 Å². The van der Waals surface area contributed by atoms with E-state index in [-0.39, 0.29) is 0 Å². The molecule has 3 rings (SSSR count). The molecule has 5 heteroatoms. The van der Waals surface area contributed by atoms with Crippen LogP contribution in [-0.4, -0.2) is 15.4 Å². The average molecular weight is 227 g/mol. The number of nitrogens with zero attached hydrogens (tertiary/aromatic N) is 3. The molecule has 0 spiro atoms. The third-order valence-electron chi connectivity index (χ3n) is 2.29. The van der Waals surface area contributed by atoms with Gasteiger partial charge in [0.25, 0.3) is 5.89 Å². The lowest BCUT2D eigenvalue weighted by atomic mass is 10.2. The highest BCUT2D eigenvalue weighted by atomic mass is 16.5. The van der Waals surface area contributed by atoms with E-state index in [1.807, 2.05) is 37.3 Å². The number of hydrogen-bond acceptors (Lipinski definition) is 5. The van der Waals surface area contributed by atoms with Gasteiger partial charge in [0, 0.05) is 11.6 Å². The van der Waals surface area contributed by atoms with Crippen molar-refractivity contribution in [1.82, 2.24) is 15.4 Å². The Morgan fingerprint density at radius 3 is 2.47 bits per heavy atom. The molecule has 0 N–H and O–H groups in total. The van der Waals surface area contributed by atoms with Crippen molar-refractivity contribution in [3.05, 3.63) is 42.2 Å². The van der Waals surface area contributed by atoms with Crippen molar-refractivity contribution in [3.63, 3.8) is 0 Å². The third kappa shape index (κ3) is 1.82. The molecule has 0 atom stereocenters. The van der Waals surface area contributed by atoms with E-state index >= 15 is 0 Å². The molecule has 0 unspecified atom stereocenters. The Bertz CT molecular complexity index is 628. The van der Waals surface area contributed by atoms with Crippen LogP contribution in [0.1, 0.15) is 5.76 Å². The van der Waals surface area contributed by atoms with Gasteiger partial charge in [-0.25, -0.2) is 0 Å². The molecule has 5 nitrogen and oxygen atoms in total. The van der Waals surface area contributed by atoms with E-state index in [1.165, 1.54) is 0 Å². The summed E-state index contributed by atoms with van der Waals surface area (Å²) < 4.78 is 10.5. The molecule has 1 aromatic carbocycles. The topological polar surface area (TPSA) is 65.0 Å². The molecule has 0 saturated heterocycles. The highest BCUT2D eigenvalue weighted by Gasteiger charge is 2.13. The Hall–Kier alpha value is -2.43. The number of benzene rings is 1. The zero-order valence-corrected chi connectivity index (χ0v) is 9.12. The lowest BCUT2D eigenvalue weighted by Crippen LogP contribution is -1.76. The highest BCUT2D eigenvalue weighted by molar-refractivity contribution is 5.55. The van der Waals surface area contributed by atoms with Crippen molar-refractivity contribution >= 4 is 0 Å². The standard InChI is InChI=1S/C12H9N3O2/c1-8-7-10(15-17-8)12-14-13-11(16-12)9-5-3-2-4-6-9/h2-7H,1H3. The van der Waals surface area contributed by atoms with Gasteiger partial charge in [0.1, 0.15) is 5.76 Å². The zero-order chi connectivity index (χ0) is 11.7. The lowest BCUT2D eigenvalue weighted by Gasteiger charge is -1.91. The predicted molar refractivity (Wildman–Crippen MR) is 60.0 cm³/mol. The van der Waals surface area contributed by atoms with Gasteiger partial charge in [-0.05, 0) is 19.1 Å². The molecule has 2 aromatic heterocycles. The first kappa shape index (κ1) is 9.77. The minimum atomic E-state index is 0.362. The van der Waals surface area contributed by atoms with E-state index in [0.29, 0.717) is 23.2 Å². The molecule has 84 valence electrons. The van der Waals surface area contributed by atoms with Crippen LogP contribution < -0.4 is 0 Å². The van der Waals surface area contributed by atoms with Crippen LogP contribution in [0.5, 0.6) is 0 Å². The molecular formula is C12H9N3O2. The fourth-order valence-corrected chi connectivity index (χ4v) is 1.49. The van der Waals surface area contributed by atoms with Crippen LogP contribution in [-0.2, 0) is 0 Å². The molecule has 17 heavy (non-hydrogen) atoms. The number of aryl methyl sites for hydroxylation is 1. The summed E-state index contributed by atoms with van der Waals surface area (Å²) in [6, 6.07) is 11.3. The van der Waals surface area contributed by atoms with E-state index in [2.05, 4.69) is 15.4 Å². The maximum Gasteiger partial charge on any atom is 0.270 e. The average Bonchev–Trinajstić information content (AvgIpc) is 2.98. The molecular weight excluding hydrogens is 218 g/mol. The molecule has 0 aliphatic heterocycles. The number of rotatable bonds is 2. The van der Waals surface area contributed by atoms with Gasteiger partial charge in [-0.3, -0.25) is 0 Å². The minimum Gasteiger partial charge on any atom is -0.414 e. The fourth-order valence-electron chi connectivity index (χ4n) is 1.49. The van der Waals surface area contributed by atoms with Crippen molar-refractivity contribution in [2.75, 3.05) is 0 Å². The van der Waals surface area contributed by atoms with Crippen molar-refractivity contribution in [2.24, 2.45) is 0 Å². The quantitative estimate of drug-likeness (QED) is 0.673. The van der Waals surface area contributed by atoms with E-state index in [1.54, 1.807) is 6.07 Å². The van der Waals surface area contributed by atoms with Gasteiger partial charge in [0.05, 0.1) is 0 Å². The summed E-state index contributed by atoms with van der Waals surface area (Å²) in [5.41, 5.74) is 1.43. The Labute approximate surface area is 97.1 Å². The first-order valence-corrected chi connectivity index (χ1v) is 5.15. The Morgan fingerprint density at radius 1 is 1.00 bits per heavy atom. The zero-order valence-electron chi connectivity index (χ0n) is 9.12. The van der Waals surface area contributed by atoms with Crippen LogP contribution >= 0.6 is 0 Å². The lowest BCUT2D eigenvalue weighted by molar-refractivity contribution is 0.397. The van der Waals surface area contributed by atoms with Gasteiger partial charge in [0.15, 0.2) is 5.69 Å². The second-order valence-electron chi connectivity index (χ2n) is 3.60. The third-order valence-corrected chi connectivity index (χ3v) is 2.29. The van der Waals surface area contributed by atoms with Crippen LogP contribution in [0, 0.1) is 6.92 Å². The van der Waals surface area contributed by atoms with Crippen molar-refractivity contribution in [2.45, 2.75) is 6.92 Å². The largest absolute Gasteiger partial charge is 0.414 e. The smallest absolute Gasteiger partial charge is 0.270 e. The Kier molecular flexibility index (Phi) is 2.22. The first-order chi connectivity index (χ1) is 8.33. The molecule has 0 bridgehead atoms. The summed E-state index contributed by atoms with van der Waals surface area (Å²) in [5, 5.41) is 11.7. The van der Waals surface area contributed by atoms with Gasteiger partial charge in [-0.1, -0.05) is 23.4 Å². The van der Waals surface area contributed by atoms with E-state index in [9.17, 15) is 0 Å². The molecule has 0 aliphatic carbocycles. The van der Waals surface area contributed by atoms with Crippen LogP contribution in [0.4, 0.5) is 0 Å². The van der Waals surface area contributed by atoms with E-state index in [4.69, 9.17) is 8.94 Å². The number of hydrogen-bond donors (Lipinski definition) is 0. The molecule has 0 saturated carbocycles. The highest BCUT2D eigenvalue weighted by Crippen LogP contribution is 2.22. The maximum absolute atomic E-state index is 5.52. The normalized spacial score (nSPS) is 10.6. The Balaban J connectivity index is 1.99. The monoisotopic (exact) mass is 227 g/mol. The summed E-state index contributed by atoms with van der Waals surface area (Å²) in [7, 11) is 0. The minimum absolute atomic E-state index is 0.362. The Morgan fingerprint density at radius 2 is 1.76 bits per heavy atom. The second-order valence-corrected chi connectivity index (χ2v) is 3.60. The SMILES string of the molecule is Cc1cc(-c2nnc(-c3ccccc3)o2)no1. The summed E-state index contributed by atoms with van der Waals surface area (Å²) in [4.78, 5) is 0. The summed E-state index contributed by atoms with van der Waals surface area (Å²) in [6.45, 7) is 1.81. The van der Waals surface area contributed by atoms with Crippen LogP contribution in [0.3, 0.4) is 0 Å². The van der Waals surface area contributed by atoms with Gasteiger partial charge < -0.3 is 8.94 Å². The van der Waals surface area contributed by atoms with Crippen LogP contribution in [0.15, 0.2) is 45.3 Å². The molecule has 3 aromatic rings. The first-order valence-electron chi connectivity index (χ1n) is 5.15. The molecule has 0 fully saturated rings. The van der Waals surface area contributed by atoms with E-state index < -0.39 is 0 Å². The summed E-state index contributed by atoms with van der Waals surface area (Å²) in [6.07, 6.45) is 0. The number of aromatic nitrogens is 3. The van der Waals surface area contributed by atoms with E-state index in [0.717, 1.165) is 5.56 Å². The van der Waals surface area contributed by atoms with Crippen molar-refractivity contribution in [3.8, 4) is 23.0 Å². The van der Waals surface area contributed by atoms with Gasteiger partial charge in [-0.15, -0.1) is 10.2 Å². The summed E-state index contributed by atoms with van der Waals surface area (Å²) >= 11 is 0. The van der Waals surface area contributed by atoms with Gasteiger partial charge >= 0.3 is 0 Å². The second kappa shape index (κ2) is 3.86. The summed E-state index contributed by atoms with van der Waals surface area (Å²) in [5.74, 6) is 1.54. The van der Waals surface area contributed by atoms with Gasteiger partial charge in [-0.2, -0.15) is 0 Å². The maximum atomic E-state index is 5.52. The van der Waals surface area contributed by atoms with Crippen molar-refractivity contribution < 1.29 is 8.94 Å². The van der Waals surface area contributed by atoms with Crippen LogP contribution in [0.2, 0.25) is 0 Å². The molecule has 0 amide bonds. The fraction of sp³-hybridized carbons (Fsp3) is 0.0833. The van der Waals surface area contributed by atoms with Crippen molar-refractivity contribution in [1.29, 1.82) is 0 Å². The predicted octanol–water partition coefficient (Wildman–Crippen LogP) is 2.70. The molecule has 0 radical (unpaired) electrons. The molecule has 0 aliphatic rings. The molecule has 2 heterocycles. The van der Waals surface area contributed by atoms with Crippen LogP contribution in [0.25, 0.3) is 23.0 Å².